The van der Waals surface area contributed by atoms with Crippen LogP contribution in [0.4, 0.5) is 0 Å². The number of rotatable bonds is 5. The van der Waals surface area contributed by atoms with Gasteiger partial charge in [0, 0.05) is 19.6 Å². The molecule has 0 aliphatic carbocycles. The Hall–Kier alpha value is -1.15. The molecule has 1 heterocycles. The highest BCUT2D eigenvalue weighted by atomic mass is 32.2. The summed E-state index contributed by atoms with van der Waals surface area (Å²) in [4.78, 5) is 2.32. The Kier molecular flexibility index (Phi) is 4.98. The van der Waals surface area contributed by atoms with Crippen molar-refractivity contribution in [2.45, 2.75) is 23.8 Å². The molecule has 0 amide bonds. The Morgan fingerprint density at radius 3 is 2.40 bits per heavy atom. The van der Waals surface area contributed by atoms with Crippen molar-refractivity contribution in [3.63, 3.8) is 0 Å². The van der Waals surface area contributed by atoms with Gasteiger partial charge in [-0.1, -0.05) is 0 Å². The van der Waals surface area contributed by atoms with E-state index in [-0.39, 0.29) is 11.0 Å². The van der Waals surface area contributed by atoms with Crippen LogP contribution in [0.2, 0.25) is 0 Å². The smallest absolute Gasteiger partial charge is 0.238 e. The molecule has 2 rings (SSSR count). The minimum absolute atomic E-state index is 0.0786. The molecule has 1 saturated heterocycles. The van der Waals surface area contributed by atoms with Crippen molar-refractivity contribution in [3.05, 3.63) is 24.3 Å². The van der Waals surface area contributed by atoms with Crippen LogP contribution in [0.5, 0.6) is 5.75 Å². The number of primary sulfonamides is 1. The monoisotopic (exact) mass is 300 g/mol. The predicted octanol–water partition coefficient (Wildman–Crippen LogP) is 0.170. The fourth-order valence-electron chi connectivity index (χ4n) is 2.16. The Labute approximate surface area is 119 Å². The van der Waals surface area contributed by atoms with E-state index in [0.717, 1.165) is 32.5 Å². The number of nitrogens with two attached hydrogens (primary N) is 1. The van der Waals surface area contributed by atoms with E-state index in [2.05, 4.69) is 4.90 Å². The summed E-state index contributed by atoms with van der Waals surface area (Å²) in [6, 6.07) is 6.06. The number of nitrogens with zero attached hydrogens (tertiary/aromatic N) is 1. The summed E-state index contributed by atoms with van der Waals surface area (Å²) in [5.41, 5.74) is 0. The van der Waals surface area contributed by atoms with Crippen LogP contribution in [0.25, 0.3) is 0 Å². The number of benzene rings is 1. The lowest BCUT2D eigenvalue weighted by molar-refractivity contribution is 0.0755. The topological polar surface area (TPSA) is 92.9 Å². The summed E-state index contributed by atoms with van der Waals surface area (Å²) < 4.78 is 27.8. The van der Waals surface area contributed by atoms with Gasteiger partial charge in [0.15, 0.2) is 0 Å². The molecule has 7 heteroatoms. The quantitative estimate of drug-likeness (QED) is 0.808. The maximum atomic E-state index is 11.1. The third-order valence-electron chi connectivity index (χ3n) is 3.39. The molecule has 20 heavy (non-hydrogen) atoms. The van der Waals surface area contributed by atoms with E-state index in [1.807, 2.05) is 0 Å². The first-order valence-corrected chi connectivity index (χ1v) is 8.16. The van der Waals surface area contributed by atoms with Gasteiger partial charge in [0.05, 0.1) is 11.0 Å². The zero-order valence-corrected chi connectivity index (χ0v) is 12.1. The van der Waals surface area contributed by atoms with Crippen molar-refractivity contribution in [3.8, 4) is 5.75 Å². The summed E-state index contributed by atoms with van der Waals surface area (Å²) >= 11 is 0. The van der Waals surface area contributed by atoms with Crippen molar-refractivity contribution < 1.29 is 18.3 Å². The molecule has 0 unspecified atom stereocenters. The van der Waals surface area contributed by atoms with Gasteiger partial charge in [-0.25, -0.2) is 13.6 Å². The number of sulfonamides is 1. The highest BCUT2D eigenvalue weighted by Crippen LogP contribution is 2.15. The number of hydrogen-bond acceptors (Lipinski definition) is 5. The first-order chi connectivity index (χ1) is 9.45. The third kappa shape index (κ3) is 4.45. The molecular formula is C13H20N2O4S. The molecule has 6 nitrogen and oxygen atoms in total. The van der Waals surface area contributed by atoms with Crippen molar-refractivity contribution in [2.24, 2.45) is 5.14 Å². The van der Waals surface area contributed by atoms with Crippen LogP contribution in [0.3, 0.4) is 0 Å². The highest BCUT2D eigenvalue weighted by molar-refractivity contribution is 7.89. The van der Waals surface area contributed by atoms with Crippen molar-refractivity contribution in [2.75, 3.05) is 26.2 Å². The van der Waals surface area contributed by atoms with Crippen LogP contribution in [-0.2, 0) is 10.0 Å². The summed E-state index contributed by atoms with van der Waals surface area (Å²) in [6.07, 6.45) is 1.45. The fraction of sp³-hybridized carbons (Fsp3) is 0.538. The minimum atomic E-state index is -3.65. The van der Waals surface area contributed by atoms with E-state index in [4.69, 9.17) is 9.88 Å². The van der Waals surface area contributed by atoms with E-state index < -0.39 is 10.0 Å². The second-order valence-corrected chi connectivity index (χ2v) is 6.50. The lowest BCUT2D eigenvalue weighted by Crippen LogP contribution is -2.38. The number of aliphatic hydroxyl groups is 1. The molecule has 3 N–H and O–H groups in total. The molecule has 0 bridgehead atoms. The largest absolute Gasteiger partial charge is 0.492 e. The molecule has 0 aromatic heterocycles. The molecule has 0 atom stereocenters. The Morgan fingerprint density at radius 1 is 1.25 bits per heavy atom. The molecule has 0 spiro atoms. The number of likely N-dealkylation sites (tertiary alicyclic amines) is 1. The predicted molar refractivity (Wildman–Crippen MR) is 75.0 cm³/mol. The van der Waals surface area contributed by atoms with Crippen molar-refractivity contribution >= 4 is 10.0 Å². The van der Waals surface area contributed by atoms with Crippen LogP contribution in [0.15, 0.2) is 29.2 Å². The van der Waals surface area contributed by atoms with Gasteiger partial charge in [-0.3, -0.25) is 4.90 Å². The molecule has 112 valence electrons. The average molecular weight is 300 g/mol. The normalized spacial score (nSPS) is 18.1. The zero-order chi connectivity index (χ0) is 14.6. The van der Waals surface area contributed by atoms with E-state index in [1.165, 1.54) is 12.1 Å². The van der Waals surface area contributed by atoms with Crippen molar-refractivity contribution in [1.82, 2.24) is 4.90 Å². The van der Waals surface area contributed by atoms with Gasteiger partial charge in [0.2, 0.25) is 10.0 Å². The Balaban J connectivity index is 1.77. The molecule has 1 fully saturated rings. The van der Waals surface area contributed by atoms with Crippen molar-refractivity contribution in [1.29, 1.82) is 0 Å². The number of ether oxygens (including phenoxy) is 1. The maximum absolute atomic E-state index is 11.1. The lowest BCUT2D eigenvalue weighted by Gasteiger charge is -2.29. The molecule has 0 radical (unpaired) electrons. The zero-order valence-electron chi connectivity index (χ0n) is 11.2. The van der Waals surface area contributed by atoms with Gasteiger partial charge >= 0.3 is 0 Å². The molecular weight excluding hydrogens is 280 g/mol. The summed E-state index contributed by atoms with van der Waals surface area (Å²) in [5, 5.41) is 14.4. The second kappa shape index (κ2) is 6.53. The third-order valence-corrected chi connectivity index (χ3v) is 4.31. The van der Waals surface area contributed by atoms with Crippen LogP contribution >= 0.6 is 0 Å². The van der Waals surface area contributed by atoms with Crippen LogP contribution in [0, 0.1) is 0 Å². The Morgan fingerprint density at radius 2 is 1.85 bits per heavy atom. The SMILES string of the molecule is NS(=O)(=O)c1ccc(OCCN2CCC(O)CC2)cc1. The summed E-state index contributed by atoms with van der Waals surface area (Å²) in [6.45, 7) is 3.10. The van der Waals surface area contributed by atoms with E-state index >= 15 is 0 Å². The molecule has 0 saturated carbocycles. The Bertz CT molecular complexity index is 522. The van der Waals surface area contributed by atoms with E-state index in [9.17, 15) is 13.5 Å². The first-order valence-electron chi connectivity index (χ1n) is 6.61. The number of aliphatic hydroxyl groups excluding tert-OH is 1. The minimum Gasteiger partial charge on any atom is -0.492 e. The summed E-state index contributed by atoms with van der Waals surface area (Å²) in [7, 11) is -3.65. The van der Waals surface area contributed by atoms with Gasteiger partial charge in [0.1, 0.15) is 12.4 Å². The molecule has 1 aliphatic heterocycles. The fourth-order valence-corrected chi connectivity index (χ4v) is 2.68. The van der Waals surface area contributed by atoms with Crippen LogP contribution in [-0.4, -0.2) is 50.8 Å². The van der Waals surface area contributed by atoms with Gasteiger partial charge in [-0.15, -0.1) is 0 Å². The van der Waals surface area contributed by atoms with E-state index in [1.54, 1.807) is 12.1 Å². The van der Waals surface area contributed by atoms with Crippen LogP contribution in [0.1, 0.15) is 12.8 Å². The lowest BCUT2D eigenvalue weighted by atomic mass is 10.1. The van der Waals surface area contributed by atoms with Gasteiger partial charge in [-0.2, -0.15) is 0 Å². The molecule has 1 aliphatic rings. The van der Waals surface area contributed by atoms with E-state index in [0.29, 0.717) is 12.4 Å². The molecule has 1 aromatic rings. The highest BCUT2D eigenvalue weighted by Gasteiger charge is 2.16. The average Bonchev–Trinajstić information content (AvgIpc) is 2.41. The first kappa shape index (κ1) is 15.2. The summed E-state index contributed by atoms with van der Waals surface area (Å²) in [5.74, 6) is 0.620. The van der Waals surface area contributed by atoms with Gasteiger partial charge in [0.25, 0.3) is 0 Å². The maximum Gasteiger partial charge on any atom is 0.238 e. The van der Waals surface area contributed by atoms with Gasteiger partial charge in [-0.05, 0) is 37.1 Å². The molecule has 1 aromatic carbocycles. The second-order valence-electron chi connectivity index (χ2n) is 4.94. The standard InChI is InChI=1S/C13H20N2O4S/c14-20(17,18)13-3-1-12(2-4-13)19-10-9-15-7-5-11(16)6-8-15/h1-4,11,16H,5-10H2,(H2,14,17,18). The van der Waals surface area contributed by atoms with Crippen LogP contribution < -0.4 is 9.88 Å². The number of hydrogen-bond donors (Lipinski definition) is 2. The van der Waals surface area contributed by atoms with Gasteiger partial charge < -0.3 is 9.84 Å². The number of piperidine rings is 1.